The average Bonchev–Trinajstić information content (AvgIpc) is 2.65. The van der Waals surface area contributed by atoms with Gasteiger partial charge in [0.15, 0.2) is 11.5 Å². The fraction of sp³-hybridized carbons (Fsp3) is 0.316. The molecule has 0 aliphatic heterocycles. The van der Waals surface area contributed by atoms with Gasteiger partial charge in [0, 0.05) is 11.6 Å². The molecule has 1 atom stereocenters. The van der Waals surface area contributed by atoms with Crippen LogP contribution in [-0.2, 0) is 6.54 Å². The normalized spacial score (nSPS) is 11.4. The molecular formula is C19H23ClN2O4. The Balaban J connectivity index is 2.00. The van der Waals surface area contributed by atoms with Crippen LogP contribution >= 0.6 is 11.6 Å². The number of ether oxygens (including phenoxy) is 3. The minimum Gasteiger partial charge on any atom is -0.493 e. The van der Waals surface area contributed by atoms with Gasteiger partial charge in [-0.15, -0.1) is 0 Å². The number of urea groups is 1. The standard InChI is InChI=1S/C19H23ClN2O4/c1-12(14-6-5-7-15(20)10-14)22-19(23)21-11-13-8-16(24-2)18(26-4)17(9-13)25-3/h5-10,12H,11H2,1-4H3,(H2,21,22,23). The zero-order valence-electron chi connectivity index (χ0n) is 15.3. The first-order valence-electron chi connectivity index (χ1n) is 8.07. The summed E-state index contributed by atoms with van der Waals surface area (Å²) in [4.78, 5) is 12.2. The Morgan fingerprint density at radius 3 is 2.27 bits per heavy atom. The molecule has 6 nitrogen and oxygen atoms in total. The molecule has 2 amide bonds. The van der Waals surface area contributed by atoms with Crippen LogP contribution in [0, 0.1) is 0 Å². The van der Waals surface area contributed by atoms with E-state index in [9.17, 15) is 4.79 Å². The molecule has 2 aromatic rings. The predicted molar refractivity (Wildman–Crippen MR) is 101 cm³/mol. The molecule has 0 bridgehead atoms. The van der Waals surface area contributed by atoms with E-state index in [2.05, 4.69) is 10.6 Å². The highest BCUT2D eigenvalue weighted by molar-refractivity contribution is 6.30. The molecular weight excluding hydrogens is 356 g/mol. The number of halogens is 1. The molecule has 0 saturated carbocycles. The van der Waals surface area contributed by atoms with Gasteiger partial charge in [-0.05, 0) is 42.3 Å². The van der Waals surface area contributed by atoms with Crippen LogP contribution in [0.4, 0.5) is 4.79 Å². The van der Waals surface area contributed by atoms with Crippen molar-refractivity contribution in [2.75, 3.05) is 21.3 Å². The van der Waals surface area contributed by atoms with Gasteiger partial charge in [0.05, 0.1) is 27.4 Å². The fourth-order valence-electron chi connectivity index (χ4n) is 2.53. The minimum atomic E-state index is -0.286. The minimum absolute atomic E-state index is 0.173. The van der Waals surface area contributed by atoms with Crippen molar-refractivity contribution in [3.05, 3.63) is 52.5 Å². The summed E-state index contributed by atoms with van der Waals surface area (Å²) < 4.78 is 15.9. The maximum Gasteiger partial charge on any atom is 0.315 e. The van der Waals surface area contributed by atoms with E-state index < -0.39 is 0 Å². The van der Waals surface area contributed by atoms with E-state index in [1.807, 2.05) is 25.1 Å². The number of methoxy groups -OCH3 is 3. The Morgan fingerprint density at radius 1 is 1.08 bits per heavy atom. The molecule has 0 aromatic heterocycles. The molecule has 0 aliphatic rings. The summed E-state index contributed by atoms with van der Waals surface area (Å²) in [7, 11) is 4.64. The molecule has 7 heteroatoms. The van der Waals surface area contributed by atoms with Crippen LogP contribution in [0.1, 0.15) is 24.1 Å². The van der Waals surface area contributed by atoms with Crippen molar-refractivity contribution in [1.82, 2.24) is 10.6 Å². The van der Waals surface area contributed by atoms with E-state index in [-0.39, 0.29) is 12.1 Å². The van der Waals surface area contributed by atoms with Crippen molar-refractivity contribution in [3.63, 3.8) is 0 Å². The number of carbonyl (C=O) groups is 1. The first-order chi connectivity index (χ1) is 12.5. The van der Waals surface area contributed by atoms with Crippen LogP contribution in [0.15, 0.2) is 36.4 Å². The van der Waals surface area contributed by atoms with E-state index >= 15 is 0 Å². The molecule has 0 fully saturated rings. The van der Waals surface area contributed by atoms with Gasteiger partial charge >= 0.3 is 6.03 Å². The van der Waals surface area contributed by atoms with Gasteiger partial charge in [-0.1, -0.05) is 23.7 Å². The van der Waals surface area contributed by atoms with Gasteiger partial charge in [0.2, 0.25) is 5.75 Å². The van der Waals surface area contributed by atoms with Crippen LogP contribution in [-0.4, -0.2) is 27.4 Å². The van der Waals surface area contributed by atoms with E-state index in [1.54, 1.807) is 39.5 Å². The van der Waals surface area contributed by atoms with E-state index in [1.165, 1.54) is 0 Å². The number of carbonyl (C=O) groups excluding carboxylic acids is 1. The first kappa shape index (κ1) is 19.7. The lowest BCUT2D eigenvalue weighted by atomic mass is 10.1. The van der Waals surface area contributed by atoms with Crippen molar-refractivity contribution < 1.29 is 19.0 Å². The van der Waals surface area contributed by atoms with Crippen LogP contribution < -0.4 is 24.8 Å². The van der Waals surface area contributed by atoms with Gasteiger partial charge in [0.1, 0.15) is 0 Å². The van der Waals surface area contributed by atoms with E-state index in [0.29, 0.717) is 28.8 Å². The summed E-state index contributed by atoms with van der Waals surface area (Å²) in [6.45, 7) is 2.20. The summed E-state index contributed by atoms with van der Waals surface area (Å²) >= 11 is 5.99. The zero-order chi connectivity index (χ0) is 19.1. The summed E-state index contributed by atoms with van der Waals surface area (Å²) in [5.74, 6) is 1.59. The Hall–Kier alpha value is -2.60. The Bertz CT molecular complexity index is 742. The molecule has 2 aromatic carbocycles. The molecule has 2 rings (SSSR count). The average molecular weight is 379 g/mol. The molecule has 140 valence electrons. The van der Waals surface area contributed by atoms with Crippen LogP contribution in [0.2, 0.25) is 5.02 Å². The number of hydrogen-bond donors (Lipinski definition) is 2. The van der Waals surface area contributed by atoms with Crippen molar-refractivity contribution in [2.45, 2.75) is 19.5 Å². The smallest absolute Gasteiger partial charge is 0.315 e. The number of benzene rings is 2. The lowest BCUT2D eigenvalue weighted by Crippen LogP contribution is -2.36. The highest BCUT2D eigenvalue weighted by Crippen LogP contribution is 2.38. The van der Waals surface area contributed by atoms with Crippen LogP contribution in [0.5, 0.6) is 17.2 Å². The first-order valence-corrected chi connectivity index (χ1v) is 8.45. The molecule has 0 heterocycles. The second-order valence-corrected chi connectivity index (χ2v) is 6.07. The highest BCUT2D eigenvalue weighted by atomic mass is 35.5. The van der Waals surface area contributed by atoms with Crippen molar-refractivity contribution >= 4 is 17.6 Å². The summed E-state index contributed by atoms with van der Waals surface area (Å²) in [5, 5.41) is 6.33. The Labute approximate surface area is 158 Å². The van der Waals surface area contributed by atoms with Gasteiger partial charge in [0.25, 0.3) is 0 Å². The number of hydrogen-bond acceptors (Lipinski definition) is 4. The highest BCUT2D eigenvalue weighted by Gasteiger charge is 2.14. The van der Waals surface area contributed by atoms with Gasteiger partial charge in [-0.2, -0.15) is 0 Å². The maximum atomic E-state index is 12.2. The monoisotopic (exact) mass is 378 g/mol. The second kappa shape index (κ2) is 9.20. The lowest BCUT2D eigenvalue weighted by molar-refractivity contribution is 0.237. The molecule has 1 unspecified atom stereocenters. The van der Waals surface area contributed by atoms with Crippen LogP contribution in [0.3, 0.4) is 0 Å². The topological polar surface area (TPSA) is 68.8 Å². The third kappa shape index (κ3) is 4.95. The van der Waals surface area contributed by atoms with E-state index in [4.69, 9.17) is 25.8 Å². The third-order valence-corrected chi connectivity index (χ3v) is 4.11. The van der Waals surface area contributed by atoms with Gasteiger partial charge in [-0.3, -0.25) is 0 Å². The molecule has 2 N–H and O–H groups in total. The molecule has 26 heavy (non-hydrogen) atoms. The third-order valence-electron chi connectivity index (χ3n) is 3.87. The summed E-state index contributed by atoms with van der Waals surface area (Å²) in [5.41, 5.74) is 1.76. The van der Waals surface area contributed by atoms with Crippen LogP contribution in [0.25, 0.3) is 0 Å². The second-order valence-electron chi connectivity index (χ2n) is 5.64. The molecule has 0 spiro atoms. The zero-order valence-corrected chi connectivity index (χ0v) is 16.0. The maximum absolute atomic E-state index is 12.2. The van der Waals surface area contributed by atoms with Gasteiger partial charge < -0.3 is 24.8 Å². The SMILES string of the molecule is COc1cc(CNC(=O)NC(C)c2cccc(Cl)c2)cc(OC)c1OC. The Morgan fingerprint density at radius 2 is 1.73 bits per heavy atom. The molecule has 0 radical (unpaired) electrons. The van der Waals surface area contributed by atoms with E-state index in [0.717, 1.165) is 11.1 Å². The largest absolute Gasteiger partial charge is 0.493 e. The lowest BCUT2D eigenvalue weighted by Gasteiger charge is -2.17. The van der Waals surface area contributed by atoms with Crippen molar-refractivity contribution in [2.24, 2.45) is 0 Å². The Kier molecular flexibility index (Phi) is 6.97. The summed E-state index contributed by atoms with van der Waals surface area (Å²) in [6, 6.07) is 10.5. The number of rotatable bonds is 7. The molecule has 0 saturated heterocycles. The number of amides is 2. The van der Waals surface area contributed by atoms with Crippen molar-refractivity contribution in [1.29, 1.82) is 0 Å². The quantitative estimate of drug-likeness (QED) is 0.766. The van der Waals surface area contributed by atoms with Crippen molar-refractivity contribution in [3.8, 4) is 17.2 Å². The number of nitrogens with one attached hydrogen (secondary N) is 2. The van der Waals surface area contributed by atoms with Gasteiger partial charge in [-0.25, -0.2) is 4.79 Å². The predicted octanol–water partition coefficient (Wildman–Crippen LogP) is 3.93. The fourth-order valence-corrected chi connectivity index (χ4v) is 2.73. The molecule has 0 aliphatic carbocycles. The summed E-state index contributed by atoms with van der Waals surface area (Å²) in [6.07, 6.45) is 0.